The standard InChI is InChI=1S/C59H97N3O.ClH/c1-4-7-9-11-13-15-17-19-21-23-25-27-29-31-33-35-37-41-48-62(49-42-38-36-34-32-30-28-26-24-22-20-18-16-14-12-10-8-5-2)52-45-46-55-57(50-52)63-58-51-56(60-47-6-3)53-43-39-40-44-54(53)59(58)61-55;/h39-40,43-46,50-51H,4-38,41-42,47-49H2,1-3H3;1H. The van der Waals surface area contributed by atoms with Crippen molar-refractivity contribution in [1.82, 2.24) is 9.56 Å². The molecule has 1 N–H and O–H groups in total. The highest BCUT2D eigenvalue weighted by Gasteiger charge is 2.16. The first-order valence-corrected chi connectivity index (χ1v) is 27.8. The van der Waals surface area contributed by atoms with Gasteiger partial charge >= 0.3 is 0 Å². The Hall–Kier alpha value is -2.59. The van der Waals surface area contributed by atoms with Crippen molar-refractivity contribution in [2.75, 3.05) is 25.0 Å². The summed E-state index contributed by atoms with van der Waals surface area (Å²) < 4.78 is 9.38. The Kier molecular flexibility index (Phi) is 32.7. The van der Waals surface area contributed by atoms with Gasteiger partial charge in [-0.25, -0.2) is 9.56 Å². The van der Waals surface area contributed by atoms with Crippen LogP contribution in [-0.2, 0) is 0 Å². The van der Waals surface area contributed by atoms with Crippen molar-refractivity contribution < 1.29 is 16.8 Å². The number of anilines is 1. The lowest BCUT2D eigenvalue weighted by molar-refractivity contribution is -0.0000139. The number of nitrogens with zero attached hydrogens (tertiary/aromatic N) is 2. The van der Waals surface area contributed by atoms with Crippen LogP contribution in [0.5, 0.6) is 0 Å². The monoisotopic (exact) mass is 900 g/mol. The van der Waals surface area contributed by atoms with E-state index in [0.717, 1.165) is 59.7 Å². The van der Waals surface area contributed by atoms with Gasteiger partial charge in [0, 0.05) is 48.0 Å². The molecule has 1 aliphatic heterocycles. The normalized spacial score (nSPS) is 11.5. The third kappa shape index (κ3) is 23.2. The molecule has 0 aromatic heterocycles. The van der Waals surface area contributed by atoms with Gasteiger partial charge in [0.2, 0.25) is 5.36 Å². The minimum absolute atomic E-state index is 0. The zero-order valence-electron chi connectivity index (χ0n) is 42.1. The number of rotatable bonds is 41. The van der Waals surface area contributed by atoms with Gasteiger partial charge in [0.1, 0.15) is 24.3 Å². The quantitative estimate of drug-likeness (QED) is 0.0209. The first-order chi connectivity index (χ1) is 31.2. The minimum Gasteiger partial charge on any atom is -1.00 e. The molecule has 0 radical (unpaired) electrons. The molecular formula is C59H98ClN3O. The van der Waals surface area contributed by atoms with Crippen LogP contribution in [-0.4, -0.2) is 24.6 Å². The summed E-state index contributed by atoms with van der Waals surface area (Å²) >= 11 is 0. The number of halogens is 1. The Morgan fingerprint density at radius 3 is 1.23 bits per heavy atom. The first-order valence-electron chi connectivity index (χ1n) is 27.8. The van der Waals surface area contributed by atoms with Crippen LogP contribution >= 0.6 is 0 Å². The Morgan fingerprint density at radius 1 is 0.438 bits per heavy atom. The third-order valence-corrected chi connectivity index (χ3v) is 13.9. The maximum atomic E-state index is 6.72. The summed E-state index contributed by atoms with van der Waals surface area (Å²) in [5.41, 5.74) is 3.87. The van der Waals surface area contributed by atoms with E-state index in [4.69, 9.17) is 9.40 Å². The van der Waals surface area contributed by atoms with Crippen LogP contribution in [0.15, 0.2) is 52.9 Å². The largest absolute Gasteiger partial charge is 1.00 e. The van der Waals surface area contributed by atoms with Crippen molar-refractivity contribution in [3.63, 3.8) is 0 Å². The molecule has 2 aromatic carbocycles. The fourth-order valence-corrected chi connectivity index (χ4v) is 9.82. The van der Waals surface area contributed by atoms with Crippen molar-refractivity contribution in [1.29, 1.82) is 0 Å². The van der Waals surface area contributed by atoms with Gasteiger partial charge in [-0.1, -0.05) is 251 Å². The summed E-state index contributed by atoms with van der Waals surface area (Å²) in [5, 5.41) is 7.28. The van der Waals surface area contributed by atoms with Gasteiger partial charge in [0.05, 0.1) is 6.07 Å². The maximum Gasteiger partial charge on any atom is 0.203 e. The molecule has 4 rings (SSSR count). The Labute approximate surface area is 400 Å². The molecule has 0 saturated carbocycles. The second-order valence-corrected chi connectivity index (χ2v) is 19.6. The van der Waals surface area contributed by atoms with Gasteiger partial charge in [0.15, 0.2) is 11.3 Å². The number of nitrogens with one attached hydrogen (secondary N) is 1. The van der Waals surface area contributed by atoms with Crippen LogP contribution in [0.1, 0.15) is 258 Å². The predicted molar refractivity (Wildman–Crippen MR) is 279 cm³/mol. The van der Waals surface area contributed by atoms with Crippen LogP contribution in [0.2, 0.25) is 0 Å². The topological polar surface area (TPSA) is 41.1 Å². The molecule has 64 heavy (non-hydrogen) atoms. The van der Waals surface area contributed by atoms with Gasteiger partial charge < -0.3 is 22.1 Å². The SMILES string of the molecule is CCCCCCCCCCCCCCCCCCCC[N+](CCCCCCCCCCCCCCCCCCCC)=c1ccc2nc3c(cc(NCCC)c4ccccc43)oc-2c1.[Cl-]. The molecule has 0 unspecified atom stereocenters. The zero-order chi connectivity index (χ0) is 44.3. The van der Waals surface area contributed by atoms with Crippen LogP contribution in [0.4, 0.5) is 5.69 Å². The van der Waals surface area contributed by atoms with E-state index in [1.54, 1.807) is 0 Å². The molecule has 0 bridgehead atoms. The molecule has 0 spiro atoms. The van der Waals surface area contributed by atoms with Crippen LogP contribution in [0.3, 0.4) is 0 Å². The Balaban J connectivity index is 0.0000109. The van der Waals surface area contributed by atoms with E-state index in [0.29, 0.717) is 0 Å². The van der Waals surface area contributed by atoms with E-state index >= 15 is 0 Å². The average Bonchev–Trinajstić information content (AvgIpc) is 3.31. The summed E-state index contributed by atoms with van der Waals surface area (Å²) in [5.74, 6) is 0.886. The fraction of sp³-hybridized carbons (Fsp3) is 0.729. The van der Waals surface area contributed by atoms with E-state index < -0.39 is 0 Å². The number of unbranched alkanes of at least 4 members (excludes halogenated alkanes) is 34. The molecule has 5 heteroatoms. The van der Waals surface area contributed by atoms with Gasteiger partial charge in [-0.3, -0.25) is 0 Å². The fourth-order valence-electron chi connectivity index (χ4n) is 9.82. The second kappa shape index (κ2) is 37.5. The van der Waals surface area contributed by atoms with Gasteiger partial charge in [-0.05, 0) is 25.3 Å². The smallest absolute Gasteiger partial charge is 0.203 e. The highest BCUT2D eigenvalue weighted by molar-refractivity contribution is 6.10. The van der Waals surface area contributed by atoms with E-state index in [1.807, 2.05) is 0 Å². The summed E-state index contributed by atoms with van der Waals surface area (Å²) in [4.78, 5) is 5.19. The second-order valence-electron chi connectivity index (χ2n) is 19.6. The molecule has 362 valence electrons. The van der Waals surface area contributed by atoms with Crippen molar-refractivity contribution in [3.8, 4) is 11.5 Å². The maximum absolute atomic E-state index is 6.72. The number of benzene rings is 3. The minimum atomic E-state index is 0. The average molecular weight is 901 g/mol. The van der Waals surface area contributed by atoms with Crippen molar-refractivity contribution >= 4 is 27.6 Å². The Bertz CT molecular complexity index is 1710. The number of fused-ring (bicyclic) bond motifs is 4. The summed E-state index contributed by atoms with van der Waals surface area (Å²) in [6.45, 7) is 10.0. The van der Waals surface area contributed by atoms with E-state index in [-0.39, 0.29) is 12.4 Å². The van der Waals surface area contributed by atoms with Gasteiger partial charge in [-0.15, -0.1) is 0 Å². The van der Waals surface area contributed by atoms with Crippen LogP contribution in [0.25, 0.3) is 33.3 Å². The molecule has 0 amide bonds. The molecule has 0 atom stereocenters. The molecule has 0 saturated heterocycles. The number of hydrogen-bond donors (Lipinski definition) is 1. The molecule has 4 nitrogen and oxygen atoms in total. The number of aromatic nitrogens is 1. The van der Waals surface area contributed by atoms with Crippen LogP contribution < -0.4 is 27.7 Å². The van der Waals surface area contributed by atoms with Crippen LogP contribution in [0, 0.1) is 0 Å². The highest BCUT2D eigenvalue weighted by Crippen LogP contribution is 2.34. The molecule has 2 aliphatic rings. The van der Waals surface area contributed by atoms with Crippen molar-refractivity contribution in [2.45, 2.75) is 258 Å². The Morgan fingerprint density at radius 2 is 0.828 bits per heavy atom. The molecule has 0 fully saturated rings. The first kappa shape index (κ1) is 55.7. The zero-order valence-corrected chi connectivity index (χ0v) is 42.8. The van der Waals surface area contributed by atoms with Crippen molar-refractivity contribution in [3.05, 3.63) is 53.9 Å². The summed E-state index contributed by atoms with van der Waals surface area (Å²) in [6.07, 6.45) is 52.2. The van der Waals surface area contributed by atoms with E-state index in [1.165, 1.54) is 242 Å². The summed E-state index contributed by atoms with van der Waals surface area (Å²) in [7, 11) is 0. The predicted octanol–water partition coefficient (Wildman–Crippen LogP) is 15.8. The highest BCUT2D eigenvalue weighted by atomic mass is 35.5. The van der Waals surface area contributed by atoms with E-state index in [2.05, 4.69) is 79.2 Å². The van der Waals surface area contributed by atoms with Crippen molar-refractivity contribution in [2.24, 2.45) is 0 Å². The molecule has 2 aromatic rings. The molecular weight excluding hydrogens is 802 g/mol. The number of hydrogen-bond acceptors (Lipinski definition) is 3. The van der Waals surface area contributed by atoms with E-state index in [9.17, 15) is 0 Å². The van der Waals surface area contributed by atoms with Gasteiger partial charge in [-0.2, -0.15) is 0 Å². The third-order valence-electron chi connectivity index (χ3n) is 13.9. The molecule has 1 heterocycles. The lowest BCUT2D eigenvalue weighted by Gasteiger charge is -2.13. The van der Waals surface area contributed by atoms with Gasteiger partial charge in [0.25, 0.3) is 0 Å². The summed E-state index contributed by atoms with van der Waals surface area (Å²) in [6, 6.07) is 17.5. The lowest BCUT2D eigenvalue weighted by atomic mass is 10.0. The molecule has 1 aliphatic carbocycles. The lowest BCUT2D eigenvalue weighted by Crippen LogP contribution is -3.00.